The van der Waals surface area contributed by atoms with E-state index in [1.807, 2.05) is 39.8 Å². The number of nitrogens with one attached hydrogen (secondary N) is 2. The minimum absolute atomic E-state index is 0.173. The van der Waals surface area contributed by atoms with E-state index in [2.05, 4.69) is 16.1 Å². The molecule has 0 saturated heterocycles. The van der Waals surface area contributed by atoms with Crippen molar-refractivity contribution in [3.63, 3.8) is 0 Å². The van der Waals surface area contributed by atoms with Crippen LogP contribution in [-0.2, 0) is 10.0 Å². The quantitative estimate of drug-likeness (QED) is 0.593. The summed E-state index contributed by atoms with van der Waals surface area (Å²) in [4.78, 5) is 12.9. The van der Waals surface area contributed by atoms with E-state index in [0.717, 1.165) is 16.7 Å². The van der Waals surface area contributed by atoms with Crippen molar-refractivity contribution >= 4 is 21.6 Å². The third-order valence-electron chi connectivity index (χ3n) is 4.95. The molecule has 0 saturated carbocycles. The third-order valence-corrected chi connectivity index (χ3v) is 6.34. The summed E-state index contributed by atoms with van der Waals surface area (Å²) >= 11 is 0. The zero-order chi connectivity index (χ0) is 21.9. The zero-order valence-corrected chi connectivity index (χ0v) is 18.4. The molecule has 30 heavy (non-hydrogen) atoms. The standard InChI is InChI=1S/C24H26N2O3S/c1-16-8-11-22(12-9-16)30(28,29)26-21-7-5-6-20(15-21)24(27)25-19(4)23-13-10-17(2)14-18(23)3/h5-15,19,26H,1-4H3,(H,25,27)/t19-/m1/s1. The third kappa shape index (κ3) is 5.07. The Hall–Kier alpha value is -3.12. The molecule has 0 bridgehead atoms. The highest BCUT2D eigenvalue weighted by atomic mass is 32.2. The van der Waals surface area contributed by atoms with E-state index in [-0.39, 0.29) is 16.8 Å². The number of carbonyl (C=O) groups is 1. The molecular formula is C24H26N2O3S. The molecule has 0 radical (unpaired) electrons. The maximum absolute atomic E-state index is 12.7. The predicted octanol–water partition coefficient (Wildman–Crippen LogP) is 4.90. The number of amides is 1. The molecule has 0 aromatic heterocycles. The minimum atomic E-state index is -3.73. The second-order valence-electron chi connectivity index (χ2n) is 7.55. The molecule has 0 heterocycles. The number of benzene rings is 3. The Morgan fingerprint density at radius 3 is 2.20 bits per heavy atom. The Morgan fingerprint density at radius 1 is 0.867 bits per heavy atom. The zero-order valence-electron chi connectivity index (χ0n) is 17.6. The van der Waals surface area contributed by atoms with E-state index < -0.39 is 10.0 Å². The first-order chi connectivity index (χ1) is 14.2. The van der Waals surface area contributed by atoms with Crippen molar-refractivity contribution in [1.29, 1.82) is 0 Å². The molecular weight excluding hydrogens is 396 g/mol. The van der Waals surface area contributed by atoms with Crippen molar-refractivity contribution < 1.29 is 13.2 Å². The summed E-state index contributed by atoms with van der Waals surface area (Å²) in [6.45, 7) is 7.87. The van der Waals surface area contributed by atoms with Gasteiger partial charge in [0, 0.05) is 11.3 Å². The monoisotopic (exact) mass is 422 g/mol. The highest BCUT2D eigenvalue weighted by molar-refractivity contribution is 7.92. The predicted molar refractivity (Wildman–Crippen MR) is 120 cm³/mol. The highest BCUT2D eigenvalue weighted by Gasteiger charge is 2.16. The highest BCUT2D eigenvalue weighted by Crippen LogP contribution is 2.21. The van der Waals surface area contributed by atoms with Crippen LogP contribution in [0.4, 0.5) is 5.69 Å². The molecule has 3 aromatic carbocycles. The Kier molecular flexibility index (Phi) is 6.27. The van der Waals surface area contributed by atoms with Crippen LogP contribution in [0.15, 0.2) is 71.6 Å². The van der Waals surface area contributed by atoms with E-state index in [1.165, 1.54) is 11.6 Å². The van der Waals surface area contributed by atoms with Crippen LogP contribution in [0.2, 0.25) is 0 Å². The first-order valence-corrected chi connectivity index (χ1v) is 11.2. The van der Waals surface area contributed by atoms with Gasteiger partial charge in [0.25, 0.3) is 15.9 Å². The number of hydrogen-bond donors (Lipinski definition) is 2. The lowest BCUT2D eigenvalue weighted by molar-refractivity contribution is 0.0940. The van der Waals surface area contributed by atoms with E-state index in [0.29, 0.717) is 11.3 Å². The van der Waals surface area contributed by atoms with Crippen LogP contribution in [0.3, 0.4) is 0 Å². The maximum Gasteiger partial charge on any atom is 0.261 e. The Bertz CT molecular complexity index is 1170. The number of anilines is 1. The van der Waals surface area contributed by atoms with Gasteiger partial charge in [-0.1, -0.05) is 47.5 Å². The second kappa shape index (κ2) is 8.71. The van der Waals surface area contributed by atoms with Crippen LogP contribution in [-0.4, -0.2) is 14.3 Å². The molecule has 0 unspecified atom stereocenters. The van der Waals surface area contributed by atoms with Crippen molar-refractivity contribution in [2.24, 2.45) is 0 Å². The summed E-state index contributed by atoms with van der Waals surface area (Å²) in [6, 6.07) is 19.0. The van der Waals surface area contributed by atoms with Crippen LogP contribution in [0.5, 0.6) is 0 Å². The number of carbonyl (C=O) groups excluding carboxylic acids is 1. The van der Waals surface area contributed by atoms with E-state index in [1.54, 1.807) is 42.5 Å². The Morgan fingerprint density at radius 2 is 1.53 bits per heavy atom. The lowest BCUT2D eigenvalue weighted by Gasteiger charge is -2.17. The molecule has 0 aliphatic carbocycles. The fourth-order valence-corrected chi connectivity index (χ4v) is 4.37. The molecule has 3 rings (SSSR count). The number of aryl methyl sites for hydroxylation is 3. The van der Waals surface area contributed by atoms with Crippen LogP contribution >= 0.6 is 0 Å². The molecule has 0 aliphatic heterocycles. The summed E-state index contributed by atoms with van der Waals surface area (Å²) in [5.74, 6) is -0.265. The van der Waals surface area contributed by atoms with Gasteiger partial charge >= 0.3 is 0 Å². The largest absolute Gasteiger partial charge is 0.346 e. The average molecular weight is 423 g/mol. The minimum Gasteiger partial charge on any atom is -0.346 e. The van der Waals surface area contributed by atoms with E-state index in [4.69, 9.17) is 0 Å². The molecule has 5 nitrogen and oxygen atoms in total. The SMILES string of the molecule is Cc1ccc(S(=O)(=O)Nc2cccc(C(=O)N[C@H](C)c3ccc(C)cc3C)c2)cc1. The lowest BCUT2D eigenvalue weighted by atomic mass is 10.00. The smallest absolute Gasteiger partial charge is 0.261 e. The molecule has 2 N–H and O–H groups in total. The first kappa shape index (κ1) is 21.6. The Balaban J connectivity index is 1.76. The molecule has 0 spiro atoms. The summed E-state index contributed by atoms with van der Waals surface area (Å²) in [6.07, 6.45) is 0. The first-order valence-electron chi connectivity index (χ1n) is 9.73. The van der Waals surface area contributed by atoms with Crippen LogP contribution in [0.1, 0.15) is 45.6 Å². The molecule has 0 aliphatic rings. The van der Waals surface area contributed by atoms with Crippen molar-refractivity contribution in [2.75, 3.05) is 4.72 Å². The molecule has 0 fully saturated rings. The summed E-state index contributed by atoms with van der Waals surface area (Å²) in [5.41, 5.74) is 5.03. The van der Waals surface area contributed by atoms with Gasteiger partial charge in [0.2, 0.25) is 0 Å². The van der Waals surface area contributed by atoms with Crippen LogP contribution in [0.25, 0.3) is 0 Å². The van der Waals surface area contributed by atoms with Gasteiger partial charge < -0.3 is 5.32 Å². The normalized spacial score (nSPS) is 12.3. The number of sulfonamides is 1. The lowest BCUT2D eigenvalue weighted by Crippen LogP contribution is -2.27. The van der Waals surface area contributed by atoms with Crippen molar-refractivity contribution in [1.82, 2.24) is 5.32 Å². The molecule has 156 valence electrons. The van der Waals surface area contributed by atoms with Gasteiger partial charge in [-0.3, -0.25) is 9.52 Å². The van der Waals surface area contributed by atoms with E-state index >= 15 is 0 Å². The van der Waals surface area contributed by atoms with Crippen molar-refractivity contribution in [2.45, 2.75) is 38.6 Å². The van der Waals surface area contributed by atoms with Gasteiger partial charge in [0.1, 0.15) is 0 Å². The molecule has 6 heteroatoms. The van der Waals surface area contributed by atoms with Gasteiger partial charge in [-0.25, -0.2) is 8.42 Å². The van der Waals surface area contributed by atoms with Crippen LogP contribution in [0, 0.1) is 20.8 Å². The summed E-state index contributed by atoms with van der Waals surface area (Å²) in [7, 11) is -3.73. The summed E-state index contributed by atoms with van der Waals surface area (Å²) < 4.78 is 27.8. The summed E-state index contributed by atoms with van der Waals surface area (Å²) in [5, 5.41) is 2.98. The fraction of sp³-hybridized carbons (Fsp3) is 0.208. The Labute approximate surface area is 178 Å². The van der Waals surface area contributed by atoms with Crippen molar-refractivity contribution in [3.05, 3.63) is 94.5 Å². The van der Waals surface area contributed by atoms with Crippen molar-refractivity contribution in [3.8, 4) is 0 Å². The van der Waals surface area contributed by atoms with E-state index in [9.17, 15) is 13.2 Å². The van der Waals surface area contributed by atoms with Crippen LogP contribution < -0.4 is 10.0 Å². The van der Waals surface area contributed by atoms with Gasteiger partial charge in [-0.05, 0) is 69.2 Å². The topological polar surface area (TPSA) is 75.3 Å². The maximum atomic E-state index is 12.7. The second-order valence-corrected chi connectivity index (χ2v) is 9.24. The average Bonchev–Trinajstić information content (AvgIpc) is 2.68. The molecule has 1 amide bonds. The number of rotatable bonds is 6. The molecule has 1 atom stereocenters. The van der Waals surface area contributed by atoms with Gasteiger partial charge in [-0.15, -0.1) is 0 Å². The fourth-order valence-electron chi connectivity index (χ4n) is 3.32. The van der Waals surface area contributed by atoms with Gasteiger partial charge in [0.05, 0.1) is 10.9 Å². The van der Waals surface area contributed by atoms with Gasteiger partial charge in [-0.2, -0.15) is 0 Å². The molecule has 3 aromatic rings. The number of hydrogen-bond acceptors (Lipinski definition) is 3. The van der Waals surface area contributed by atoms with Gasteiger partial charge in [0.15, 0.2) is 0 Å².